The molecule has 3 aromatic rings. The molecule has 18 heavy (non-hydrogen) atoms. The number of rotatable bonds is 3. The molecule has 5 nitrogen and oxygen atoms in total. The van der Waals surface area contributed by atoms with Crippen LogP contribution in [0.3, 0.4) is 0 Å². The molecule has 0 unspecified atom stereocenters. The zero-order valence-corrected chi connectivity index (χ0v) is 10.8. The second kappa shape index (κ2) is 4.11. The van der Waals surface area contributed by atoms with E-state index in [-0.39, 0.29) is 0 Å². The number of hydrogen-bond donors (Lipinski definition) is 1. The zero-order chi connectivity index (χ0) is 12.6. The van der Waals surface area contributed by atoms with Crippen LogP contribution >= 0.6 is 11.3 Å². The predicted octanol–water partition coefficient (Wildman–Crippen LogP) is 2.20. The van der Waals surface area contributed by atoms with E-state index < -0.39 is 10.0 Å². The number of pyridine rings is 1. The second-order valence-corrected chi connectivity index (χ2v) is 6.51. The van der Waals surface area contributed by atoms with Crippen molar-refractivity contribution in [2.24, 2.45) is 0 Å². The number of nitrogens with zero attached hydrogens (tertiary/aromatic N) is 2. The zero-order valence-electron chi connectivity index (χ0n) is 9.15. The van der Waals surface area contributed by atoms with Crippen molar-refractivity contribution in [3.63, 3.8) is 0 Å². The molecule has 1 N–H and O–H groups in total. The highest BCUT2D eigenvalue weighted by molar-refractivity contribution is 7.94. The topological polar surface area (TPSA) is 63.5 Å². The van der Waals surface area contributed by atoms with Crippen molar-refractivity contribution < 1.29 is 8.42 Å². The number of fused-ring (bicyclic) bond motifs is 1. The Bertz CT molecular complexity index is 776. The fourth-order valence-electron chi connectivity index (χ4n) is 1.60. The third-order valence-electron chi connectivity index (χ3n) is 2.40. The molecular formula is C11H9N3O2S2. The minimum Gasteiger partial charge on any atom is -0.305 e. The lowest BCUT2D eigenvalue weighted by Gasteiger charge is -2.06. The summed E-state index contributed by atoms with van der Waals surface area (Å²) < 4.78 is 28.6. The number of thiophene rings is 1. The van der Waals surface area contributed by atoms with Gasteiger partial charge in [0.25, 0.3) is 10.0 Å². The van der Waals surface area contributed by atoms with E-state index in [0.29, 0.717) is 9.90 Å². The van der Waals surface area contributed by atoms with Gasteiger partial charge in [0.15, 0.2) is 0 Å². The summed E-state index contributed by atoms with van der Waals surface area (Å²) in [6.45, 7) is 0. The molecule has 0 saturated heterocycles. The highest BCUT2D eigenvalue weighted by atomic mass is 32.2. The molecule has 3 rings (SSSR count). The minimum absolute atomic E-state index is 0.299. The average Bonchev–Trinajstić information content (AvgIpc) is 2.99. The van der Waals surface area contributed by atoms with E-state index >= 15 is 0 Å². The summed E-state index contributed by atoms with van der Waals surface area (Å²) >= 11 is 1.18. The Morgan fingerprint density at radius 1 is 1.28 bits per heavy atom. The molecule has 0 aliphatic rings. The number of aromatic nitrogens is 2. The maximum Gasteiger partial charge on any atom is 0.271 e. The van der Waals surface area contributed by atoms with Crippen molar-refractivity contribution >= 4 is 32.7 Å². The van der Waals surface area contributed by atoms with E-state index in [1.54, 1.807) is 52.6 Å². The van der Waals surface area contributed by atoms with Crippen LogP contribution < -0.4 is 4.72 Å². The van der Waals surface area contributed by atoms with Gasteiger partial charge in [-0.05, 0) is 23.6 Å². The lowest BCUT2D eigenvalue weighted by Crippen LogP contribution is -2.11. The molecule has 0 aliphatic carbocycles. The molecular weight excluding hydrogens is 270 g/mol. The molecule has 0 saturated carbocycles. The highest BCUT2D eigenvalue weighted by Crippen LogP contribution is 2.20. The monoisotopic (exact) mass is 279 g/mol. The van der Waals surface area contributed by atoms with Crippen molar-refractivity contribution in [3.05, 3.63) is 48.2 Å². The van der Waals surface area contributed by atoms with Crippen LogP contribution in [0, 0.1) is 0 Å². The third kappa shape index (κ3) is 1.98. The van der Waals surface area contributed by atoms with Crippen molar-refractivity contribution in [2.45, 2.75) is 4.21 Å². The minimum atomic E-state index is -3.49. The molecule has 0 fully saturated rings. The van der Waals surface area contributed by atoms with Crippen LogP contribution in [0.1, 0.15) is 0 Å². The summed E-state index contributed by atoms with van der Waals surface area (Å²) in [5.41, 5.74) is 1.28. The van der Waals surface area contributed by atoms with E-state index in [4.69, 9.17) is 0 Å². The average molecular weight is 279 g/mol. The van der Waals surface area contributed by atoms with Crippen LogP contribution in [0.4, 0.5) is 5.69 Å². The Labute approximate surface area is 108 Å². The Morgan fingerprint density at radius 3 is 2.94 bits per heavy atom. The lowest BCUT2D eigenvalue weighted by atomic mass is 10.4. The van der Waals surface area contributed by atoms with Gasteiger partial charge in [-0.25, -0.2) is 13.4 Å². The van der Waals surface area contributed by atoms with Gasteiger partial charge in [0.2, 0.25) is 0 Å². The first-order valence-electron chi connectivity index (χ1n) is 5.14. The van der Waals surface area contributed by atoms with Crippen molar-refractivity contribution in [2.75, 3.05) is 4.72 Å². The maximum absolute atomic E-state index is 12.0. The van der Waals surface area contributed by atoms with Crippen molar-refractivity contribution in [1.29, 1.82) is 0 Å². The Hall–Kier alpha value is -1.86. The Kier molecular flexibility index (Phi) is 2.57. The fraction of sp³-hybridized carbons (Fsp3) is 0. The smallest absolute Gasteiger partial charge is 0.271 e. The van der Waals surface area contributed by atoms with Gasteiger partial charge >= 0.3 is 0 Å². The standard InChI is InChI=1S/C11H9N3O2S2/c15-18(16,11-2-1-7-17-11)13-9-3-4-10-12-5-6-14(10)8-9/h1-8,13H. The molecule has 0 atom stereocenters. The predicted molar refractivity (Wildman–Crippen MR) is 70.3 cm³/mol. The molecule has 0 aliphatic heterocycles. The lowest BCUT2D eigenvalue weighted by molar-refractivity contribution is 0.603. The second-order valence-electron chi connectivity index (χ2n) is 3.65. The van der Waals surface area contributed by atoms with Crippen LogP contribution in [0.15, 0.2) is 52.4 Å². The van der Waals surface area contributed by atoms with Crippen LogP contribution in [0.25, 0.3) is 5.65 Å². The van der Waals surface area contributed by atoms with Crippen LogP contribution in [-0.2, 0) is 10.0 Å². The van der Waals surface area contributed by atoms with E-state index in [0.717, 1.165) is 5.65 Å². The molecule has 7 heteroatoms. The van der Waals surface area contributed by atoms with Gasteiger partial charge in [-0.1, -0.05) is 6.07 Å². The molecule has 0 spiro atoms. The van der Waals surface area contributed by atoms with Gasteiger partial charge in [-0.15, -0.1) is 11.3 Å². The van der Waals surface area contributed by atoms with Crippen LogP contribution in [0.2, 0.25) is 0 Å². The van der Waals surface area contributed by atoms with E-state index in [1.807, 2.05) is 0 Å². The molecule has 0 amide bonds. The van der Waals surface area contributed by atoms with Crippen LogP contribution in [0.5, 0.6) is 0 Å². The van der Waals surface area contributed by atoms with Gasteiger partial charge in [0, 0.05) is 18.6 Å². The van der Waals surface area contributed by atoms with Gasteiger partial charge in [0.05, 0.1) is 5.69 Å². The third-order valence-corrected chi connectivity index (χ3v) is 5.18. The summed E-state index contributed by atoms with van der Waals surface area (Å²) in [7, 11) is -3.49. The summed E-state index contributed by atoms with van der Waals surface area (Å²) in [5, 5.41) is 1.73. The normalized spacial score (nSPS) is 11.8. The van der Waals surface area contributed by atoms with Gasteiger partial charge in [-0.3, -0.25) is 4.72 Å². The SMILES string of the molecule is O=S(=O)(Nc1ccc2nccn2c1)c1cccs1. The summed E-state index contributed by atoms with van der Waals surface area (Å²) in [4.78, 5) is 4.09. The first kappa shape index (κ1) is 11.2. The highest BCUT2D eigenvalue weighted by Gasteiger charge is 2.15. The molecule has 92 valence electrons. The van der Waals surface area contributed by atoms with Crippen molar-refractivity contribution in [1.82, 2.24) is 9.38 Å². The van der Waals surface area contributed by atoms with E-state index in [1.165, 1.54) is 11.3 Å². The van der Waals surface area contributed by atoms with Gasteiger partial charge in [-0.2, -0.15) is 0 Å². The summed E-state index contributed by atoms with van der Waals surface area (Å²) in [6, 6.07) is 6.72. The maximum atomic E-state index is 12.0. The first-order valence-corrected chi connectivity index (χ1v) is 7.50. The molecule has 0 radical (unpaired) electrons. The Balaban J connectivity index is 1.97. The summed E-state index contributed by atoms with van der Waals surface area (Å²) in [5.74, 6) is 0. The van der Waals surface area contributed by atoms with Crippen LogP contribution in [-0.4, -0.2) is 17.8 Å². The Morgan fingerprint density at radius 2 is 2.17 bits per heavy atom. The molecule has 0 bridgehead atoms. The quantitative estimate of drug-likeness (QED) is 0.799. The van der Waals surface area contributed by atoms with E-state index in [9.17, 15) is 8.42 Å². The number of anilines is 1. The van der Waals surface area contributed by atoms with Gasteiger partial charge in [0.1, 0.15) is 9.86 Å². The van der Waals surface area contributed by atoms with Gasteiger partial charge < -0.3 is 4.40 Å². The fourth-order valence-corrected chi connectivity index (χ4v) is 3.64. The molecule has 0 aromatic carbocycles. The first-order chi connectivity index (χ1) is 8.65. The molecule has 3 aromatic heterocycles. The largest absolute Gasteiger partial charge is 0.305 e. The number of nitrogens with one attached hydrogen (secondary N) is 1. The number of hydrogen-bond acceptors (Lipinski definition) is 4. The summed E-state index contributed by atoms with van der Waals surface area (Å²) in [6.07, 6.45) is 5.11. The number of imidazole rings is 1. The van der Waals surface area contributed by atoms with E-state index in [2.05, 4.69) is 9.71 Å². The molecule has 3 heterocycles. The van der Waals surface area contributed by atoms with Crippen molar-refractivity contribution in [3.8, 4) is 0 Å². The number of sulfonamides is 1.